The molecule has 1 aliphatic rings. The van der Waals surface area contributed by atoms with Crippen LogP contribution in [0, 0.1) is 13.8 Å². The van der Waals surface area contributed by atoms with Crippen molar-refractivity contribution in [1.82, 2.24) is 24.5 Å². The van der Waals surface area contributed by atoms with Crippen LogP contribution in [0.3, 0.4) is 0 Å². The lowest BCUT2D eigenvalue weighted by atomic mass is 10.2. The molecule has 1 amide bonds. The number of piperazine rings is 1. The molecular formula is C20H24ClN7O. The van der Waals surface area contributed by atoms with Crippen LogP contribution in [-0.2, 0) is 0 Å². The van der Waals surface area contributed by atoms with E-state index in [4.69, 9.17) is 11.6 Å². The SMILES string of the molecule is CCN1CCN(c2ccc(Cl)cc2NC(=O)c2nc3nc(C)cc(C)n3n2)CC1. The molecule has 1 N–H and O–H groups in total. The van der Waals surface area contributed by atoms with Gasteiger partial charge in [0.15, 0.2) is 0 Å². The molecule has 8 nitrogen and oxygen atoms in total. The number of nitrogens with zero attached hydrogens (tertiary/aromatic N) is 6. The molecule has 1 aromatic carbocycles. The molecule has 0 unspecified atom stereocenters. The summed E-state index contributed by atoms with van der Waals surface area (Å²) in [5.41, 5.74) is 3.31. The Balaban J connectivity index is 1.60. The molecule has 0 aliphatic carbocycles. The van der Waals surface area contributed by atoms with Crippen molar-refractivity contribution in [3.8, 4) is 0 Å². The predicted octanol–water partition coefficient (Wildman–Crippen LogP) is 2.79. The Morgan fingerprint density at radius 3 is 2.62 bits per heavy atom. The number of amides is 1. The van der Waals surface area contributed by atoms with Gasteiger partial charge in [0.25, 0.3) is 11.7 Å². The fourth-order valence-electron chi connectivity index (χ4n) is 3.63. The molecule has 3 heterocycles. The number of hydrogen-bond donors (Lipinski definition) is 1. The number of aryl methyl sites for hydroxylation is 2. The minimum absolute atomic E-state index is 0.0768. The monoisotopic (exact) mass is 413 g/mol. The summed E-state index contributed by atoms with van der Waals surface area (Å²) in [5, 5.41) is 7.82. The Bertz CT molecular complexity index is 1060. The lowest BCUT2D eigenvalue weighted by molar-refractivity contribution is 0.101. The van der Waals surface area contributed by atoms with E-state index in [1.54, 1.807) is 10.6 Å². The van der Waals surface area contributed by atoms with Gasteiger partial charge in [0.1, 0.15) is 0 Å². The minimum atomic E-state index is -0.386. The molecule has 0 bridgehead atoms. The third-order valence-corrected chi connectivity index (χ3v) is 5.42. The van der Waals surface area contributed by atoms with Gasteiger partial charge in [0, 0.05) is 42.6 Å². The maximum absolute atomic E-state index is 12.9. The molecule has 0 radical (unpaired) electrons. The molecule has 0 atom stereocenters. The maximum atomic E-state index is 12.9. The van der Waals surface area contributed by atoms with Crippen LogP contribution in [-0.4, -0.2) is 63.1 Å². The highest BCUT2D eigenvalue weighted by molar-refractivity contribution is 6.31. The predicted molar refractivity (Wildman–Crippen MR) is 114 cm³/mol. The summed E-state index contributed by atoms with van der Waals surface area (Å²) in [4.78, 5) is 26.2. The summed E-state index contributed by atoms with van der Waals surface area (Å²) < 4.78 is 1.57. The van der Waals surface area contributed by atoms with Crippen molar-refractivity contribution in [2.24, 2.45) is 0 Å². The zero-order valence-corrected chi connectivity index (χ0v) is 17.6. The van der Waals surface area contributed by atoms with Gasteiger partial charge < -0.3 is 15.1 Å². The Labute approximate surface area is 174 Å². The van der Waals surface area contributed by atoms with Crippen LogP contribution in [0.2, 0.25) is 5.02 Å². The average Bonchev–Trinajstić information content (AvgIpc) is 3.13. The smallest absolute Gasteiger partial charge is 0.295 e. The van der Waals surface area contributed by atoms with Gasteiger partial charge in [-0.1, -0.05) is 18.5 Å². The second kappa shape index (κ2) is 7.96. The summed E-state index contributed by atoms with van der Waals surface area (Å²) >= 11 is 6.21. The van der Waals surface area contributed by atoms with E-state index in [0.29, 0.717) is 16.5 Å². The molecule has 1 saturated heterocycles. The van der Waals surface area contributed by atoms with Crippen LogP contribution in [0.5, 0.6) is 0 Å². The van der Waals surface area contributed by atoms with Gasteiger partial charge in [-0.05, 0) is 44.7 Å². The van der Waals surface area contributed by atoms with E-state index in [2.05, 4.69) is 37.1 Å². The van der Waals surface area contributed by atoms with E-state index in [0.717, 1.165) is 49.8 Å². The second-order valence-electron chi connectivity index (χ2n) is 7.22. The number of aromatic nitrogens is 4. The molecule has 2 aromatic heterocycles. The third-order valence-electron chi connectivity index (χ3n) is 5.19. The van der Waals surface area contributed by atoms with Crippen LogP contribution in [0.25, 0.3) is 5.78 Å². The Kier molecular flexibility index (Phi) is 5.38. The molecule has 0 saturated carbocycles. The van der Waals surface area contributed by atoms with Crippen LogP contribution >= 0.6 is 11.6 Å². The number of nitrogens with one attached hydrogen (secondary N) is 1. The number of hydrogen-bond acceptors (Lipinski definition) is 6. The van der Waals surface area contributed by atoms with E-state index in [1.807, 2.05) is 32.0 Å². The number of carbonyl (C=O) groups is 1. The summed E-state index contributed by atoms with van der Waals surface area (Å²) in [6, 6.07) is 7.46. The summed E-state index contributed by atoms with van der Waals surface area (Å²) in [6.07, 6.45) is 0. The number of halogens is 1. The molecule has 9 heteroatoms. The minimum Gasteiger partial charge on any atom is -0.367 e. The van der Waals surface area contributed by atoms with Crippen molar-refractivity contribution in [1.29, 1.82) is 0 Å². The van der Waals surface area contributed by atoms with E-state index in [1.165, 1.54) is 0 Å². The van der Waals surface area contributed by atoms with Crippen molar-refractivity contribution < 1.29 is 4.79 Å². The van der Waals surface area contributed by atoms with Crippen LogP contribution < -0.4 is 10.2 Å². The fourth-order valence-corrected chi connectivity index (χ4v) is 3.80. The standard InChI is InChI=1S/C20H24ClN7O/c1-4-26-7-9-27(10-8-26)17-6-5-15(21)12-16(17)23-19(29)18-24-20-22-13(2)11-14(3)28(20)25-18/h5-6,11-12H,4,7-10H2,1-3H3,(H,23,29). The molecule has 0 spiro atoms. The zero-order chi connectivity index (χ0) is 20.5. The first-order valence-corrected chi connectivity index (χ1v) is 10.1. The quantitative estimate of drug-likeness (QED) is 0.708. The highest BCUT2D eigenvalue weighted by Gasteiger charge is 2.21. The maximum Gasteiger partial charge on any atom is 0.295 e. The van der Waals surface area contributed by atoms with Crippen LogP contribution in [0.4, 0.5) is 11.4 Å². The molecule has 29 heavy (non-hydrogen) atoms. The van der Waals surface area contributed by atoms with Gasteiger partial charge in [-0.15, -0.1) is 5.10 Å². The first-order chi connectivity index (χ1) is 13.9. The molecule has 3 aromatic rings. The summed E-state index contributed by atoms with van der Waals surface area (Å²) in [6.45, 7) is 10.8. The Morgan fingerprint density at radius 1 is 1.14 bits per heavy atom. The summed E-state index contributed by atoms with van der Waals surface area (Å²) in [5.74, 6) is 0.103. The number of rotatable bonds is 4. The van der Waals surface area contributed by atoms with Gasteiger partial charge in [0.05, 0.1) is 11.4 Å². The lowest BCUT2D eigenvalue weighted by Crippen LogP contribution is -2.46. The van der Waals surface area contributed by atoms with Gasteiger partial charge in [-0.3, -0.25) is 4.79 Å². The summed E-state index contributed by atoms with van der Waals surface area (Å²) in [7, 11) is 0. The van der Waals surface area contributed by atoms with Crippen molar-refractivity contribution in [2.75, 3.05) is 42.9 Å². The molecule has 1 fully saturated rings. The van der Waals surface area contributed by atoms with E-state index in [-0.39, 0.29) is 11.7 Å². The van der Waals surface area contributed by atoms with Gasteiger partial charge in [-0.2, -0.15) is 4.98 Å². The van der Waals surface area contributed by atoms with E-state index < -0.39 is 0 Å². The lowest BCUT2D eigenvalue weighted by Gasteiger charge is -2.36. The Morgan fingerprint density at radius 2 is 1.90 bits per heavy atom. The van der Waals surface area contributed by atoms with Crippen molar-refractivity contribution >= 4 is 34.7 Å². The Hall–Kier alpha value is -2.71. The zero-order valence-electron chi connectivity index (χ0n) is 16.8. The molecule has 1 aliphatic heterocycles. The molecular weight excluding hydrogens is 390 g/mol. The number of likely N-dealkylation sites (N-methyl/N-ethyl adjacent to an activating group) is 1. The van der Waals surface area contributed by atoms with Crippen molar-refractivity contribution in [2.45, 2.75) is 20.8 Å². The van der Waals surface area contributed by atoms with Gasteiger partial charge >= 0.3 is 0 Å². The number of benzene rings is 1. The average molecular weight is 414 g/mol. The van der Waals surface area contributed by atoms with Crippen molar-refractivity contribution in [3.63, 3.8) is 0 Å². The first-order valence-electron chi connectivity index (χ1n) is 9.74. The van der Waals surface area contributed by atoms with Crippen LogP contribution in [0.1, 0.15) is 28.9 Å². The molecule has 152 valence electrons. The highest BCUT2D eigenvalue weighted by Crippen LogP contribution is 2.30. The van der Waals surface area contributed by atoms with Crippen LogP contribution in [0.15, 0.2) is 24.3 Å². The molecule has 4 rings (SSSR count). The largest absolute Gasteiger partial charge is 0.367 e. The first kappa shape index (κ1) is 19.6. The fraction of sp³-hybridized carbons (Fsp3) is 0.400. The topological polar surface area (TPSA) is 78.7 Å². The third kappa shape index (κ3) is 4.04. The highest BCUT2D eigenvalue weighted by atomic mass is 35.5. The number of carbonyl (C=O) groups excluding carboxylic acids is 1. The van der Waals surface area contributed by atoms with E-state index >= 15 is 0 Å². The van der Waals surface area contributed by atoms with Gasteiger partial charge in [-0.25, -0.2) is 9.50 Å². The van der Waals surface area contributed by atoms with Gasteiger partial charge in [0.2, 0.25) is 5.82 Å². The second-order valence-corrected chi connectivity index (χ2v) is 7.66. The van der Waals surface area contributed by atoms with Crippen molar-refractivity contribution in [3.05, 3.63) is 46.5 Å². The number of anilines is 2. The number of fused-ring (bicyclic) bond motifs is 1. The van der Waals surface area contributed by atoms with E-state index in [9.17, 15) is 4.79 Å². The normalized spacial score (nSPS) is 15.1.